The van der Waals surface area contributed by atoms with Crippen molar-refractivity contribution in [3.05, 3.63) is 56.4 Å². The first-order chi connectivity index (χ1) is 11.0. The Hall–Kier alpha value is -1.99. The van der Waals surface area contributed by atoms with Gasteiger partial charge in [-0.25, -0.2) is 4.98 Å². The summed E-state index contributed by atoms with van der Waals surface area (Å²) in [6.07, 6.45) is 1.44. The SMILES string of the molecule is Cc1cc2c(=O)n([C@@H](C)C(=O)Nc3ccc(Br)cc3)cnc2s1. The van der Waals surface area contributed by atoms with Crippen LogP contribution in [0, 0.1) is 6.92 Å². The number of hydrogen-bond acceptors (Lipinski definition) is 4. The van der Waals surface area contributed by atoms with Crippen LogP contribution in [0.25, 0.3) is 10.2 Å². The summed E-state index contributed by atoms with van der Waals surface area (Å²) in [6.45, 7) is 3.61. The van der Waals surface area contributed by atoms with Crippen molar-refractivity contribution in [1.29, 1.82) is 0 Å². The Balaban J connectivity index is 1.88. The number of aromatic nitrogens is 2. The van der Waals surface area contributed by atoms with Gasteiger partial charge in [0.2, 0.25) is 5.91 Å². The zero-order valence-corrected chi connectivity index (χ0v) is 14.9. The zero-order valence-electron chi connectivity index (χ0n) is 12.5. The molecule has 1 aromatic carbocycles. The van der Waals surface area contributed by atoms with Crippen LogP contribution in [0.2, 0.25) is 0 Å². The number of nitrogens with one attached hydrogen (secondary N) is 1. The first-order valence-electron chi connectivity index (χ1n) is 6.99. The molecule has 23 heavy (non-hydrogen) atoms. The Morgan fingerprint density at radius 1 is 1.35 bits per heavy atom. The molecule has 3 rings (SSSR count). The van der Waals surface area contributed by atoms with Gasteiger partial charge in [0.15, 0.2) is 0 Å². The van der Waals surface area contributed by atoms with Gasteiger partial charge < -0.3 is 5.32 Å². The zero-order chi connectivity index (χ0) is 16.6. The predicted octanol–water partition coefficient (Wildman–Crippen LogP) is 3.73. The molecule has 7 heteroatoms. The third-order valence-corrected chi connectivity index (χ3v) is 5.00. The summed E-state index contributed by atoms with van der Waals surface area (Å²) in [5, 5.41) is 3.36. The summed E-state index contributed by atoms with van der Waals surface area (Å²) in [5.74, 6) is -0.262. The van der Waals surface area contributed by atoms with Gasteiger partial charge in [0.25, 0.3) is 5.56 Å². The highest BCUT2D eigenvalue weighted by atomic mass is 79.9. The molecule has 0 radical (unpaired) electrons. The van der Waals surface area contributed by atoms with Crippen LogP contribution < -0.4 is 10.9 Å². The minimum Gasteiger partial charge on any atom is -0.324 e. The summed E-state index contributed by atoms with van der Waals surface area (Å²) in [5.41, 5.74) is 0.483. The van der Waals surface area contributed by atoms with Crippen molar-refractivity contribution in [2.75, 3.05) is 5.32 Å². The van der Waals surface area contributed by atoms with Crippen LogP contribution >= 0.6 is 27.3 Å². The van der Waals surface area contributed by atoms with Crippen LogP contribution in [0.3, 0.4) is 0 Å². The van der Waals surface area contributed by atoms with Crippen LogP contribution in [0.5, 0.6) is 0 Å². The fourth-order valence-corrected chi connectivity index (χ4v) is 3.34. The summed E-state index contributed by atoms with van der Waals surface area (Å²) in [7, 11) is 0. The number of halogens is 1. The van der Waals surface area contributed by atoms with E-state index in [-0.39, 0.29) is 11.5 Å². The third kappa shape index (κ3) is 3.20. The molecule has 2 heterocycles. The molecule has 3 aromatic rings. The number of rotatable bonds is 3. The Kier molecular flexibility index (Phi) is 4.32. The minimum atomic E-state index is -0.650. The summed E-state index contributed by atoms with van der Waals surface area (Å²) in [4.78, 5) is 30.9. The van der Waals surface area contributed by atoms with E-state index in [1.54, 1.807) is 19.1 Å². The van der Waals surface area contributed by atoms with Crippen molar-refractivity contribution in [1.82, 2.24) is 9.55 Å². The topological polar surface area (TPSA) is 64.0 Å². The number of aryl methyl sites for hydroxylation is 1. The van der Waals surface area contributed by atoms with Gasteiger partial charge in [0, 0.05) is 15.0 Å². The van der Waals surface area contributed by atoms with Gasteiger partial charge in [0.05, 0.1) is 11.7 Å². The lowest BCUT2D eigenvalue weighted by atomic mass is 10.2. The smallest absolute Gasteiger partial charge is 0.262 e. The number of amides is 1. The summed E-state index contributed by atoms with van der Waals surface area (Å²) in [6, 6.07) is 8.43. The first-order valence-corrected chi connectivity index (χ1v) is 8.60. The van der Waals surface area contributed by atoms with Crippen LogP contribution in [0.4, 0.5) is 5.69 Å². The lowest BCUT2D eigenvalue weighted by molar-refractivity contribution is -0.118. The molecule has 0 spiro atoms. The molecular weight excluding hydrogens is 378 g/mol. The number of fused-ring (bicyclic) bond motifs is 1. The second-order valence-corrected chi connectivity index (χ2v) is 7.36. The first kappa shape index (κ1) is 15.9. The van der Waals surface area contributed by atoms with Gasteiger partial charge in [0.1, 0.15) is 10.9 Å². The standard InChI is InChI=1S/C16H14BrN3O2S/c1-9-7-13-15(23-9)18-8-20(16(13)22)10(2)14(21)19-12-5-3-11(17)4-6-12/h3-8,10H,1-2H3,(H,19,21)/t10-/m0/s1. The highest BCUT2D eigenvalue weighted by Crippen LogP contribution is 2.20. The molecule has 5 nitrogen and oxygen atoms in total. The van der Waals surface area contributed by atoms with Crippen molar-refractivity contribution >= 4 is 49.1 Å². The maximum Gasteiger partial charge on any atom is 0.262 e. The van der Waals surface area contributed by atoms with Crippen LogP contribution in [-0.4, -0.2) is 15.5 Å². The van der Waals surface area contributed by atoms with Gasteiger partial charge in [-0.3, -0.25) is 14.2 Å². The number of carbonyl (C=O) groups excluding carboxylic acids is 1. The molecule has 0 saturated carbocycles. The third-order valence-electron chi connectivity index (χ3n) is 3.51. The fourth-order valence-electron chi connectivity index (χ4n) is 2.24. The van der Waals surface area contributed by atoms with E-state index in [4.69, 9.17) is 0 Å². The molecular formula is C16H14BrN3O2S. The fraction of sp³-hybridized carbons (Fsp3) is 0.188. The molecule has 0 saturated heterocycles. The Bertz CT molecular complexity index is 931. The molecule has 1 atom stereocenters. The number of carbonyl (C=O) groups is 1. The molecule has 0 fully saturated rings. The molecule has 0 aliphatic carbocycles. The number of benzene rings is 1. The number of nitrogens with zero attached hydrogens (tertiary/aromatic N) is 2. The number of thiophene rings is 1. The molecule has 0 unspecified atom stereocenters. The molecule has 1 amide bonds. The summed E-state index contributed by atoms with van der Waals surface area (Å²) < 4.78 is 2.30. The van der Waals surface area contributed by atoms with Crippen LogP contribution in [-0.2, 0) is 4.79 Å². The van der Waals surface area contributed by atoms with E-state index in [9.17, 15) is 9.59 Å². The second kappa shape index (κ2) is 6.25. The Morgan fingerprint density at radius 2 is 2.04 bits per heavy atom. The van der Waals surface area contributed by atoms with Gasteiger partial charge in [-0.05, 0) is 44.2 Å². The molecule has 0 aliphatic rings. The van der Waals surface area contributed by atoms with Crippen molar-refractivity contribution in [3.63, 3.8) is 0 Å². The predicted molar refractivity (Wildman–Crippen MR) is 96.1 cm³/mol. The van der Waals surface area contributed by atoms with Gasteiger partial charge >= 0.3 is 0 Å². The average molecular weight is 392 g/mol. The molecule has 2 aromatic heterocycles. The van der Waals surface area contributed by atoms with Gasteiger partial charge in [-0.2, -0.15) is 0 Å². The number of hydrogen-bond donors (Lipinski definition) is 1. The summed E-state index contributed by atoms with van der Waals surface area (Å²) >= 11 is 4.82. The van der Waals surface area contributed by atoms with E-state index in [1.165, 1.54) is 22.2 Å². The van der Waals surface area contributed by atoms with Crippen LogP contribution in [0.15, 0.2) is 45.9 Å². The van der Waals surface area contributed by atoms with Gasteiger partial charge in [-0.1, -0.05) is 15.9 Å². The highest BCUT2D eigenvalue weighted by molar-refractivity contribution is 9.10. The second-order valence-electron chi connectivity index (χ2n) is 5.20. The van der Waals surface area contributed by atoms with Crippen molar-refractivity contribution in [2.45, 2.75) is 19.9 Å². The van der Waals surface area contributed by atoms with E-state index in [0.29, 0.717) is 15.9 Å². The average Bonchev–Trinajstić information content (AvgIpc) is 2.91. The lowest BCUT2D eigenvalue weighted by Crippen LogP contribution is -2.31. The molecule has 1 N–H and O–H groups in total. The Morgan fingerprint density at radius 3 is 2.74 bits per heavy atom. The number of anilines is 1. The van der Waals surface area contributed by atoms with E-state index in [2.05, 4.69) is 26.2 Å². The maximum absolute atomic E-state index is 12.5. The van der Waals surface area contributed by atoms with E-state index in [1.807, 2.05) is 25.1 Å². The Labute approximate surface area is 145 Å². The monoisotopic (exact) mass is 391 g/mol. The quantitative estimate of drug-likeness (QED) is 0.739. The van der Waals surface area contributed by atoms with E-state index < -0.39 is 6.04 Å². The lowest BCUT2D eigenvalue weighted by Gasteiger charge is -2.14. The van der Waals surface area contributed by atoms with E-state index in [0.717, 1.165) is 9.35 Å². The van der Waals surface area contributed by atoms with Crippen molar-refractivity contribution in [3.8, 4) is 0 Å². The molecule has 0 aliphatic heterocycles. The van der Waals surface area contributed by atoms with Gasteiger partial charge in [-0.15, -0.1) is 11.3 Å². The normalized spacial score (nSPS) is 12.3. The minimum absolute atomic E-state index is 0.196. The molecule has 118 valence electrons. The van der Waals surface area contributed by atoms with Crippen molar-refractivity contribution < 1.29 is 4.79 Å². The van der Waals surface area contributed by atoms with Crippen molar-refractivity contribution in [2.24, 2.45) is 0 Å². The largest absolute Gasteiger partial charge is 0.324 e. The van der Waals surface area contributed by atoms with E-state index >= 15 is 0 Å². The highest BCUT2D eigenvalue weighted by Gasteiger charge is 2.18. The van der Waals surface area contributed by atoms with Crippen LogP contribution in [0.1, 0.15) is 17.8 Å². The molecule has 0 bridgehead atoms. The maximum atomic E-state index is 12.5.